The topological polar surface area (TPSA) is 90.0 Å². The number of Topliss-reactive ketones (excluding diaryl/α,β-unsaturated/α-hetero) is 1. The van der Waals surface area contributed by atoms with Gasteiger partial charge in [0.05, 0.1) is 27.6 Å². The summed E-state index contributed by atoms with van der Waals surface area (Å²) in [5.41, 5.74) is 4.00. The van der Waals surface area contributed by atoms with Crippen molar-refractivity contribution >= 4 is 55.4 Å². The molecule has 2 bridgehead atoms. The Morgan fingerprint density at radius 2 is 1.24 bits per heavy atom. The number of nitrogens with zero attached hydrogens (tertiary/aromatic N) is 1. The zero-order chi connectivity index (χ0) is 29.3. The minimum absolute atomic E-state index is 0.355. The van der Waals surface area contributed by atoms with Crippen LogP contribution in [0.5, 0.6) is 5.75 Å². The number of ether oxygens (including phenoxy) is 2. The number of imide groups is 1. The van der Waals surface area contributed by atoms with E-state index in [0.717, 1.165) is 27.2 Å². The quantitative estimate of drug-likeness (QED) is 0.145. The number of methoxy groups -OCH3 is 1. The number of ketones is 1. The molecule has 0 aromatic heterocycles. The van der Waals surface area contributed by atoms with Crippen molar-refractivity contribution < 1.29 is 28.7 Å². The number of carbonyl (C=O) groups is 4. The summed E-state index contributed by atoms with van der Waals surface area (Å²) in [7, 11) is 1.53. The van der Waals surface area contributed by atoms with Crippen LogP contribution in [0.2, 0.25) is 0 Å². The number of carbonyl (C=O) groups excluding carboxylic acids is 4. The van der Waals surface area contributed by atoms with Gasteiger partial charge in [0.15, 0.2) is 12.4 Å². The number of benzene rings is 3. The van der Waals surface area contributed by atoms with Crippen molar-refractivity contribution in [2.24, 2.45) is 17.8 Å². The molecule has 41 heavy (non-hydrogen) atoms. The smallest absolute Gasteiger partial charge is 0.330 e. The largest absolute Gasteiger partial charge is 0.497 e. The van der Waals surface area contributed by atoms with E-state index < -0.39 is 62.6 Å². The number of hydrogen-bond donors (Lipinski definition) is 0. The van der Waals surface area contributed by atoms with Crippen LogP contribution in [0.4, 0.5) is 0 Å². The molecular weight excluding hydrogens is 654 g/mol. The van der Waals surface area contributed by atoms with Crippen LogP contribution >= 0.6 is 31.9 Å². The normalized spacial score (nSPS) is 26.3. The molecule has 1 aliphatic heterocycles. The molecule has 3 aromatic rings. The summed E-state index contributed by atoms with van der Waals surface area (Å²) in [6, 6.07) is 20.9. The zero-order valence-corrected chi connectivity index (χ0v) is 25.8. The van der Waals surface area contributed by atoms with Crippen molar-refractivity contribution in [3.8, 4) is 5.75 Å². The lowest BCUT2D eigenvalue weighted by atomic mass is 9.54. The molecule has 3 atom stereocenters. The van der Waals surface area contributed by atoms with Gasteiger partial charge in [0.1, 0.15) is 11.8 Å². The Bertz CT molecular complexity index is 1480. The molecule has 2 amide bonds. The van der Waals surface area contributed by atoms with E-state index in [1.807, 2.05) is 48.5 Å². The number of likely N-dealkylation sites (tertiary alicyclic amines) is 1. The Morgan fingerprint density at radius 1 is 0.805 bits per heavy atom. The van der Waals surface area contributed by atoms with Crippen molar-refractivity contribution in [1.29, 1.82) is 0 Å². The van der Waals surface area contributed by atoms with Crippen LogP contribution in [0.3, 0.4) is 0 Å². The highest BCUT2D eigenvalue weighted by molar-refractivity contribution is 9.10. The number of amides is 2. The maximum Gasteiger partial charge on any atom is 0.330 e. The lowest BCUT2D eigenvalue weighted by Crippen LogP contribution is -2.56. The average Bonchev–Trinajstić information content (AvgIpc) is 3.25. The second kappa shape index (κ2) is 9.91. The van der Waals surface area contributed by atoms with Crippen molar-refractivity contribution in [2.45, 2.75) is 28.5 Å². The fourth-order valence-corrected chi connectivity index (χ4v) is 9.02. The van der Waals surface area contributed by atoms with Crippen LogP contribution in [-0.4, -0.2) is 48.2 Å². The second-order valence-electron chi connectivity index (χ2n) is 11.0. The maximum absolute atomic E-state index is 14.3. The van der Waals surface area contributed by atoms with E-state index in [-0.39, 0.29) is 0 Å². The molecule has 9 heteroatoms. The third kappa shape index (κ3) is 3.81. The molecule has 0 radical (unpaired) electrons. The highest BCUT2D eigenvalue weighted by Gasteiger charge is 2.73. The Morgan fingerprint density at radius 3 is 1.63 bits per heavy atom. The van der Waals surface area contributed by atoms with E-state index >= 15 is 0 Å². The van der Waals surface area contributed by atoms with E-state index in [9.17, 15) is 19.2 Å². The minimum Gasteiger partial charge on any atom is -0.497 e. The van der Waals surface area contributed by atoms with E-state index in [2.05, 4.69) is 31.9 Å². The van der Waals surface area contributed by atoms with Gasteiger partial charge in [-0.1, -0.05) is 94.2 Å². The first kappa shape index (κ1) is 27.8. The van der Waals surface area contributed by atoms with Gasteiger partial charge in [-0.2, -0.15) is 0 Å². The molecule has 1 saturated heterocycles. The predicted octanol–water partition coefficient (Wildman–Crippen LogP) is 5.35. The molecule has 0 saturated carbocycles. The Kier molecular flexibility index (Phi) is 6.73. The lowest BCUT2D eigenvalue weighted by Gasteiger charge is -2.55. The Balaban J connectivity index is 1.35. The van der Waals surface area contributed by atoms with Gasteiger partial charge in [0, 0.05) is 5.56 Å². The molecule has 3 aromatic carbocycles. The maximum atomic E-state index is 14.3. The molecule has 4 aliphatic rings. The van der Waals surface area contributed by atoms with Crippen LogP contribution < -0.4 is 4.74 Å². The fraction of sp³-hybridized carbons (Fsp3) is 0.312. The minimum atomic E-state index is -1.19. The van der Waals surface area contributed by atoms with Gasteiger partial charge in [-0.25, -0.2) is 4.79 Å². The molecule has 1 fully saturated rings. The summed E-state index contributed by atoms with van der Waals surface area (Å²) >= 11 is 7.95. The standard InChI is InChI=1S/C32H27Br2NO6/c1-17(2)27(30(39)41-16-24(36)18-12-14-19(40-3)15-13-18)35-28(37)25-26(29(35)38)32(34)21-9-5-4-8-20(21)31(25,33)22-10-6-7-11-23(22)32/h4-15,17,25-27H,16H2,1-3H3/t25-,26+,27-,31?,32?/m1/s1. The van der Waals surface area contributed by atoms with Crippen LogP contribution in [0.15, 0.2) is 72.8 Å². The van der Waals surface area contributed by atoms with Gasteiger partial charge < -0.3 is 9.47 Å². The second-order valence-corrected chi connectivity index (χ2v) is 13.5. The molecule has 7 nitrogen and oxygen atoms in total. The first-order valence-corrected chi connectivity index (χ1v) is 14.9. The van der Waals surface area contributed by atoms with Crippen molar-refractivity contribution in [1.82, 2.24) is 4.90 Å². The van der Waals surface area contributed by atoms with Gasteiger partial charge >= 0.3 is 5.97 Å². The predicted molar refractivity (Wildman–Crippen MR) is 158 cm³/mol. The molecule has 0 unspecified atom stereocenters. The number of alkyl halides is 2. The third-order valence-corrected chi connectivity index (χ3v) is 11.2. The van der Waals surface area contributed by atoms with Crippen molar-refractivity contribution in [3.05, 3.63) is 101 Å². The lowest BCUT2D eigenvalue weighted by molar-refractivity contribution is -0.160. The van der Waals surface area contributed by atoms with E-state index in [0.29, 0.717) is 11.3 Å². The van der Waals surface area contributed by atoms with E-state index in [1.165, 1.54) is 7.11 Å². The van der Waals surface area contributed by atoms with E-state index in [1.54, 1.807) is 38.1 Å². The fourth-order valence-electron chi connectivity index (χ4n) is 6.72. The Hall–Kier alpha value is -3.30. The van der Waals surface area contributed by atoms with Gasteiger partial charge in [0.25, 0.3) is 0 Å². The average molecular weight is 681 g/mol. The van der Waals surface area contributed by atoms with E-state index in [4.69, 9.17) is 9.47 Å². The summed E-state index contributed by atoms with van der Waals surface area (Å²) in [5.74, 6) is -3.53. The summed E-state index contributed by atoms with van der Waals surface area (Å²) in [5, 5.41) is 0. The molecule has 3 aliphatic carbocycles. The SMILES string of the molecule is COc1ccc(C(=O)COC(=O)[C@@H](C(C)C)N2C(=O)[C@@H]3[C@H](C2=O)C2(Br)c4ccccc4C3(Br)c3ccccc32)cc1. The summed E-state index contributed by atoms with van der Waals surface area (Å²) in [6.45, 7) is 3.00. The molecule has 7 rings (SSSR count). The number of hydrogen-bond acceptors (Lipinski definition) is 6. The summed E-state index contributed by atoms with van der Waals surface area (Å²) in [4.78, 5) is 56.0. The molecule has 0 spiro atoms. The van der Waals surface area contributed by atoms with Crippen LogP contribution in [-0.2, 0) is 27.8 Å². The molecular formula is C32H27Br2NO6. The van der Waals surface area contributed by atoms with Crippen LogP contribution in [0.1, 0.15) is 46.5 Å². The highest BCUT2D eigenvalue weighted by atomic mass is 79.9. The molecule has 210 valence electrons. The molecule has 1 heterocycles. The van der Waals surface area contributed by atoms with Gasteiger partial charge in [-0.05, 0) is 52.4 Å². The van der Waals surface area contributed by atoms with Gasteiger partial charge in [-0.15, -0.1) is 0 Å². The first-order valence-electron chi connectivity index (χ1n) is 13.3. The van der Waals surface area contributed by atoms with Crippen LogP contribution in [0.25, 0.3) is 0 Å². The highest BCUT2D eigenvalue weighted by Crippen LogP contribution is 2.70. The van der Waals surface area contributed by atoms with Crippen molar-refractivity contribution in [3.63, 3.8) is 0 Å². The van der Waals surface area contributed by atoms with Crippen molar-refractivity contribution in [2.75, 3.05) is 13.7 Å². The number of esters is 1. The monoisotopic (exact) mass is 679 g/mol. The number of rotatable bonds is 7. The summed E-state index contributed by atoms with van der Waals surface area (Å²) in [6.07, 6.45) is 0. The third-order valence-electron chi connectivity index (χ3n) is 8.53. The van der Waals surface area contributed by atoms with Crippen LogP contribution in [0, 0.1) is 17.8 Å². The first-order chi connectivity index (χ1) is 19.6. The molecule has 0 N–H and O–H groups in total. The summed E-state index contributed by atoms with van der Waals surface area (Å²) < 4.78 is 8.66. The van der Waals surface area contributed by atoms with Gasteiger partial charge in [0.2, 0.25) is 11.8 Å². The van der Waals surface area contributed by atoms with Gasteiger partial charge in [-0.3, -0.25) is 19.3 Å². The zero-order valence-electron chi connectivity index (χ0n) is 22.6. The Labute approximate surface area is 254 Å². The number of halogens is 2.